The molecule has 0 aliphatic rings. The number of urea groups is 1. The maximum absolute atomic E-state index is 12.4. The number of carbonyl (C=O) groups is 1. The van der Waals surface area contributed by atoms with Crippen LogP contribution < -0.4 is 16.4 Å². The summed E-state index contributed by atoms with van der Waals surface area (Å²) in [6.07, 6.45) is 1.69. The van der Waals surface area contributed by atoms with Crippen LogP contribution in [0, 0.1) is 0 Å². The molecule has 0 saturated carbocycles. The average molecular weight is 403 g/mol. The second-order valence-corrected chi connectivity index (χ2v) is 7.67. The van der Waals surface area contributed by atoms with Crippen molar-refractivity contribution in [3.8, 4) is 0 Å². The Morgan fingerprint density at radius 3 is 2.59 bits per heavy atom. The molecule has 0 radical (unpaired) electrons. The van der Waals surface area contributed by atoms with Gasteiger partial charge in [0.2, 0.25) is 0 Å². The standard InChI is InChI=1S/C23H22N4OS/c24-19(14-13-16-7-2-1-3-8-16)21-15-29-23(26-21)27-22(28)25-20-12-6-10-17-9-4-5-11-18(17)20/h1-12,15,19H,13-14,24H2,(H2,25,26,27,28). The fraction of sp³-hybridized carbons (Fsp3) is 0.130. The van der Waals surface area contributed by atoms with Crippen LogP contribution in [0.15, 0.2) is 78.2 Å². The van der Waals surface area contributed by atoms with Crippen molar-refractivity contribution in [1.29, 1.82) is 0 Å². The lowest BCUT2D eigenvalue weighted by Crippen LogP contribution is -2.19. The van der Waals surface area contributed by atoms with Crippen LogP contribution in [0.3, 0.4) is 0 Å². The maximum Gasteiger partial charge on any atom is 0.325 e. The molecule has 1 atom stereocenters. The van der Waals surface area contributed by atoms with E-state index in [1.165, 1.54) is 16.9 Å². The molecule has 0 aliphatic heterocycles. The van der Waals surface area contributed by atoms with Gasteiger partial charge >= 0.3 is 6.03 Å². The van der Waals surface area contributed by atoms with Gasteiger partial charge in [0.15, 0.2) is 5.13 Å². The van der Waals surface area contributed by atoms with E-state index in [2.05, 4.69) is 27.8 Å². The van der Waals surface area contributed by atoms with Gasteiger partial charge in [0, 0.05) is 16.8 Å². The summed E-state index contributed by atoms with van der Waals surface area (Å²) in [4.78, 5) is 16.9. The predicted octanol–water partition coefficient (Wildman–Crippen LogP) is 5.57. The summed E-state index contributed by atoms with van der Waals surface area (Å²) in [6.45, 7) is 0. The lowest BCUT2D eigenvalue weighted by molar-refractivity contribution is 0.262. The molecule has 1 aromatic heterocycles. The van der Waals surface area contributed by atoms with Gasteiger partial charge in [-0.3, -0.25) is 5.32 Å². The number of hydrogen-bond acceptors (Lipinski definition) is 4. The molecule has 29 heavy (non-hydrogen) atoms. The molecule has 5 nitrogen and oxygen atoms in total. The minimum Gasteiger partial charge on any atom is -0.323 e. The van der Waals surface area contributed by atoms with Crippen molar-refractivity contribution in [2.24, 2.45) is 5.73 Å². The van der Waals surface area contributed by atoms with Crippen molar-refractivity contribution in [3.63, 3.8) is 0 Å². The first kappa shape index (κ1) is 19.1. The summed E-state index contributed by atoms with van der Waals surface area (Å²) < 4.78 is 0. The molecule has 1 unspecified atom stereocenters. The molecule has 146 valence electrons. The summed E-state index contributed by atoms with van der Waals surface area (Å²) in [5, 5.41) is 10.2. The summed E-state index contributed by atoms with van der Waals surface area (Å²) in [7, 11) is 0. The minimum atomic E-state index is -0.319. The number of nitrogens with two attached hydrogens (primary N) is 1. The van der Waals surface area contributed by atoms with Gasteiger partial charge in [0.1, 0.15) is 0 Å². The highest BCUT2D eigenvalue weighted by Gasteiger charge is 2.13. The van der Waals surface area contributed by atoms with Gasteiger partial charge in [-0.2, -0.15) is 0 Å². The first-order chi connectivity index (χ1) is 14.2. The Bertz CT molecular complexity index is 1100. The van der Waals surface area contributed by atoms with E-state index in [4.69, 9.17) is 5.73 Å². The van der Waals surface area contributed by atoms with Gasteiger partial charge < -0.3 is 11.1 Å². The first-order valence-electron chi connectivity index (χ1n) is 9.50. The zero-order valence-corrected chi connectivity index (χ0v) is 16.7. The van der Waals surface area contributed by atoms with E-state index in [0.29, 0.717) is 5.13 Å². The van der Waals surface area contributed by atoms with Crippen LogP contribution in [0.5, 0.6) is 0 Å². The highest BCUT2D eigenvalue weighted by Crippen LogP contribution is 2.25. The fourth-order valence-electron chi connectivity index (χ4n) is 3.21. The second kappa shape index (κ2) is 8.86. The van der Waals surface area contributed by atoms with E-state index < -0.39 is 0 Å². The molecule has 4 N–H and O–H groups in total. The van der Waals surface area contributed by atoms with E-state index in [-0.39, 0.29) is 12.1 Å². The number of carbonyl (C=O) groups excluding carboxylic acids is 1. The van der Waals surface area contributed by atoms with Gasteiger partial charge in [-0.15, -0.1) is 11.3 Å². The van der Waals surface area contributed by atoms with Crippen molar-refractivity contribution >= 4 is 39.0 Å². The quantitative estimate of drug-likeness (QED) is 0.394. The number of anilines is 2. The molecule has 0 aliphatic carbocycles. The topological polar surface area (TPSA) is 80.0 Å². The third-order valence-corrected chi connectivity index (χ3v) is 5.52. The molecule has 4 rings (SSSR count). The van der Waals surface area contributed by atoms with Gasteiger partial charge in [0.25, 0.3) is 0 Å². The highest BCUT2D eigenvalue weighted by molar-refractivity contribution is 7.14. The number of aryl methyl sites for hydroxylation is 1. The molecule has 0 fully saturated rings. The summed E-state index contributed by atoms with van der Waals surface area (Å²) >= 11 is 1.38. The van der Waals surface area contributed by atoms with Crippen molar-refractivity contribution in [2.75, 3.05) is 10.6 Å². The SMILES string of the molecule is NC(CCc1ccccc1)c1csc(NC(=O)Nc2cccc3ccccc23)n1. The smallest absolute Gasteiger partial charge is 0.323 e. The molecule has 0 spiro atoms. The first-order valence-corrected chi connectivity index (χ1v) is 10.4. The summed E-state index contributed by atoms with van der Waals surface area (Å²) in [6, 6.07) is 23.5. The van der Waals surface area contributed by atoms with E-state index >= 15 is 0 Å². The van der Waals surface area contributed by atoms with Crippen molar-refractivity contribution in [3.05, 3.63) is 89.4 Å². The van der Waals surface area contributed by atoms with Crippen LogP contribution in [0.25, 0.3) is 10.8 Å². The number of hydrogen-bond donors (Lipinski definition) is 3. The maximum atomic E-state index is 12.4. The monoisotopic (exact) mass is 402 g/mol. The molecule has 2 amide bonds. The number of nitrogens with one attached hydrogen (secondary N) is 2. The summed E-state index contributed by atoms with van der Waals surface area (Å²) in [5.41, 5.74) is 9.10. The molecule has 4 aromatic rings. The van der Waals surface area contributed by atoms with Crippen molar-refractivity contribution in [2.45, 2.75) is 18.9 Å². The van der Waals surface area contributed by atoms with Crippen molar-refractivity contribution in [1.82, 2.24) is 4.98 Å². The third kappa shape index (κ3) is 4.80. The molecule has 0 bridgehead atoms. The third-order valence-electron chi connectivity index (χ3n) is 4.75. The Hall–Kier alpha value is -3.22. The van der Waals surface area contributed by atoms with E-state index in [1.54, 1.807) is 0 Å². The number of aromatic nitrogens is 1. The number of amides is 2. The molecular weight excluding hydrogens is 380 g/mol. The van der Waals surface area contributed by atoms with Gasteiger partial charge in [-0.1, -0.05) is 66.7 Å². The van der Waals surface area contributed by atoms with Gasteiger partial charge in [-0.05, 0) is 29.9 Å². The van der Waals surface area contributed by atoms with Crippen LogP contribution in [-0.4, -0.2) is 11.0 Å². The van der Waals surface area contributed by atoms with Gasteiger partial charge in [0.05, 0.1) is 11.4 Å². The highest BCUT2D eigenvalue weighted by atomic mass is 32.1. The van der Waals surface area contributed by atoms with E-state index in [0.717, 1.165) is 35.0 Å². The summed E-state index contributed by atoms with van der Waals surface area (Å²) in [5.74, 6) is 0. The van der Waals surface area contributed by atoms with Gasteiger partial charge in [-0.25, -0.2) is 9.78 Å². The molecular formula is C23H22N4OS. The number of rotatable bonds is 6. The Morgan fingerprint density at radius 2 is 1.72 bits per heavy atom. The van der Waals surface area contributed by atoms with Crippen LogP contribution >= 0.6 is 11.3 Å². The zero-order chi connectivity index (χ0) is 20.1. The number of benzene rings is 3. The van der Waals surface area contributed by atoms with Crippen molar-refractivity contribution < 1.29 is 4.79 Å². The lowest BCUT2D eigenvalue weighted by atomic mass is 10.0. The van der Waals surface area contributed by atoms with E-state index in [1.807, 2.05) is 66.0 Å². The van der Waals surface area contributed by atoms with Crippen LogP contribution in [-0.2, 0) is 6.42 Å². The predicted molar refractivity (Wildman–Crippen MR) is 120 cm³/mol. The fourth-order valence-corrected chi connectivity index (χ4v) is 3.98. The number of thiazole rings is 1. The Balaban J connectivity index is 1.36. The van der Waals surface area contributed by atoms with Crippen LogP contribution in [0.4, 0.5) is 15.6 Å². The van der Waals surface area contributed by atoms with E-state index in [9.17, 15) is 4.79 Å². The minimum absolute atomic E-state index is 0.164. The molecule has 1 heterocycles. The molecule has 3 aromatic carbocycles. The van der Waals surface area contributed by atoms with Crippen LogP contribution in [0.2, 0.25) is 0 Å². The molecule has 0 saturated heterocycles. The normalized spacial score (nSPS) is 11.9. The average Bonchev–Trinajstić information content (AvgIpc) is 3.21. The van der Waals surface area contributed by atoms with Crippen LogP contribution in [0.1, 0.15) is 23.7 Å². The second-order valence-electron chi connectivity index (χ2n) is 6.81. The lowest BCUT2D eigenvalue weighted by Gasteiger charge is -2.09. The Labute approximate surface area is 173 Å². The largest absolute Gasteiger partial charge is 0.325 e. The Kier molecular flexibility index (Phi) is 5.84. The Morgan fingerprint density at radius 1 is 0.966 bits per heavy atom. The molecule has 6 heteroatoms. The zero-order valence-electron chi connectivity index (χ0n) is 15.8. The number of fused-ring (bicyclic) bond motifs is 1. The number of nitrogens with zero attached hydrogens (tertiary/aromatic N) is 1.